The number of pyridine rings is 1. The van der Waals surface area contributed by atoms with E-state index in [1.165, 1.54) is 18.3 Å². The first-order chi connectivity index (χ1) is 8.09. The average molecular weight is 234 g/mol. The molecule has 0 bridgehead atoms. The lowest BCUT2D eigenvalue weighted by Gasteiger charge is -2.24. The van der Waals surface area contributed by atoms with Crippen molar-refractivity contribution in [2.24, 2.45) is 0 Å². The summed E-state index contributed by atoms with van der Waals surface area (Å²) in [7, 11) is 0. The van der Waals surface area contributed by atoms with Crippen LogP contribution in [0.2, 0.25) is 0 Å². The fourth-order valence-electron chi connectivity index (χ4n) is 1.69. The second-order valence-corrected chi connectivity index (χ2v) is 3.68. The van der Waals surface area contributed by atoms with Gasteiger partial charge in [0.15, 0.2) is 0 Å². The van der Waals surface area contributed by atoms with Gasteiger partial charge >= 0.3 is 5.97 Å². The molecule has 1 saturated heterocycles. The van der Waals surface area contributed by atoms with Gasteiger partial charge in [-0.05, 0) is 18.6 Å². The number of amides is 2. The predicted molar refractivity (Wildman–Crippen MR) is 57.5 cm³/mol. The molecule has 2 heterocycles. The van der Waals surface area contributed by atoms with Crippen molar-refractivity contribution in [3.8, 4) is 0 Å². The molecule has 0 unspecified atom stereocenters. The Labute approximate surface area is 96.9 Å². The number of imide groups is 1. The zero-order valence-electron chi connectivity index (χ0n) is 8.92. The molecule has 2 rings (SSSR count). The van der Waals surface area contributed by atoms with E-state index in [1.807, 2.05) is 0 Å². The molecular weight excluding hydrogens is 224 g/mol. The number of carboxylic acids is 1. The Balaban J connectivity index is 2.29. The van der Waals surface area contributed by atoms with E-state index in [1.54, 1.807) is 0 Å². The number of rotatable bonds is 2. The summed E-state index contributed by atoms with van der Waals surface area (Å²) in [6.45, 7) is 0. The first-order valence-electron chi connectivity index (χ1n) is 5.15. The van der Waals surface area contributed by atoms with Gasteiger partial charge in [0, 0.05) is 12.8 Å². The number of anilines is 1. The molecule has 0 saturated carbocycles. The first kappa shape index (κ1) is 11.3. The quantitative estimate of drug-likeness (QED) is 0.765. The van der Waals surface area contributed by atoms with Crippen LogP contribution in [-0.4, -0.2) is 27.9 Å². The molecule has 0 radical (unpaired) electrons. The van der Waals surface area contributed by atoms with Crippen LogP contribution in [0, 0.1) is 0 Å². The molecule has 0 aliphatic carbocycles. The van der Waals surface area contributed by atoms with Gasteiger partial charge in [-0.15, -0.1) is 0 Å². The van der Waals surface area contributed by atoms with Crippen molar-refractivity contribution in [2.45, 2.75) is 19.3 Å². The topological polar surface area (TPSA) is 87.6 Å². The largest absolute Gasteiger partial charge is 0.477 e. The Hall–Kier alpha value is -2.24. The third-order valence-corrected chi connectivity index (χ3v) is 2.51. The normalized spacial score (nSPS) is 16.1. The summed E-state index contributed by atoms with van der Waals surface area (Å²) in [5, 5.41) is 8.68. The number of aromatic nitrogens is 1. The molecule has 1 fully saturated rings. The van der Waals surface area contributed by atoms with Crippen molar-refractivity contribution in [1.82, 2.24) is 4.98 Å². The summed E-state index contributed by atoms with van der Waals surface area (Å²) >= 11 is 0. The molecular formula is C11H10N2O4. The van der Waals surface area contributed by atoms with Crippen LogP contribution in [0.15, 0.2) is 18.3 Å². The molecule has 6 heteroatoms. The highest BCUT2D eigenvalue weighted by molar-refractivity contribution is 6.16. The summed E-state index contributed by atoms with van der Waals surface area (Å²) in [5.74, 6) is -1.69. The molecule has 0 atom stereocenters. The number of aromatic carboxylic acids is 1. The summed E-state index contributed by atoms with van der Waals surface area (Å²) < 4.78 is 0. The number of hydrogen-bond acceptors (Lipinski definition) is 4. The molecule has 6 nitrogen and oxygen atoms in total. The second-order valence-electron chi connectivity index (χ2n) is 3.68. The van der Waals surface area contributed by atoms with Gasteiger partial charge in [-0.2, -0.15) is 0 Å². The lowest BCUT2D eigenvalue weighted by molar-refractivity contribution is -0.129. The molecule has 1 aliphatic heterocycles. The van der Waals surface area contributed by atoms with E-state index in [0.717, 1.165) is 4.90 Å². The molecule has 0 spiro atoms. The van der Waals surface area contributed by atoms with Gasteiger partial charge in [-0.25, -0.2) is 14.7 Å². The Kier molecular flexibility index (Phi) is 2.86. The maximum Gasteiger partial charge on any atom is 0.354 e. The monoisotopic (exact) mass is 234 g/mol. The van der Waals surface area contributed by atoms with E-state index in [2.05, 4.69) is 4.98 Å². The number of piperidine rings is 1. The molecule has 2 amide bonds. The minimum Gasteiger partial charge on any atom is -0.477 e. The van der Waals surface area contributed by atoms with Gasteiger partial charge in [-0.1, -0.05) is 0 Å². The van der Waals surface area contributed by atoms with Crippen molar-refractivity contribution in [1.29, 1.82) is 0 Å². The highest BCUT2D eigenvalue weighted by atomic mass is 16.4. The van der Waals surface area contributed by atoms with Crippen molar-refractivity contribution in [3.05, 3.63) is 24.0 Å². The second kappa shape index (κ2) is 4.32. The highest BCUT2D eigenvalue weighted by Gasteiger charge is 2.27. The molecule has 1 aromatic rings. The minimum atomic E-state index is -1.15. The van der Waals surface area contributed by atoms with Crippen LogP contribution in [0.5, 0.6) is 0 Å². The van der Waals surface area contributed by atoms with Crippen molar-refractivity contribution < 1.29 is 19.5 Å². The van der Waals surface area contributed by atoms with Gasteiger partial charge < -0.3 is 5.11 Å². The molecule has 0 aromatic carbocycles. The first-order valence-corrected chi connectivity index (χ1v) is 5.15. The fourth-order valence-corrected chi connectivity index (χ4v) is 1.69. The van der Waals surface area contributed by atoms with E-state index >= 15 is 0 Å². The van der Waals surface area contributed by atoms with Crippen LogP contribution in [0.4, 0.5) is 5.69 Å². The lowest BCUT2D eigenvalue weighted by atomic mass is 10.1. The summed E-state index contributed by atoms with van der Waals surface area (Å²) in [6.07, 6.45) is 2.44. The fraction of sp³-hybridized carbons (Fsp3) is 0.273. The van der Waals surface area contributed by atoms with Gasteiger partial charge in [0.1, 0.15) is 5.69 Å². The van der Waals surface area contributed by atoms with Gasteiger partial charge in [-0.3, -0.25) is 9.59 Å². The highest BCUT2D eigenvalue weighted by Crippen LogP contribution is 2.21. The molecule has 17 heavy (non-hydrogen) atoms. The van der Waals surface area contributed by atoms with Crippen molar-refractivity contribution in [3.63, 3.8) is 0 Å². The van der Waals surface area contributed by atoms with Crippen LogP contribution < -0.4 is 4.90 Å². The smallest absolute Gasteiger partial charge is 0.354 e. The Morgan fingerprint density at radius 3 is 2.35 bits per heavy atom. The Morgan fingerprint density at radius 2 is 1.88 bits per heavy atom. The van der Waals surface area contributed by atoms with E-state index in [4.69, 9.17) is 5.11 Å². The third-order valence-electron chi connectivity index (χ3n) is 2.51. The maximum absolute atomic E-state index is 11.6. The summed E-state index contributed by atoms with van der Waals surface area (Å²) in [6, 6.07) is 2.68. The zero-order chi connectivity index (χ0) is 12.4. The van der Waals surface area contributed by atoms with Crippen LogP contribution in [0.25, 0.3) is 0 Å². The number of hydrogen-bond donors (Lipinski definition) is 1. The maximum atomic E-state index is 11.6. The SMILES string of the molecule is O=C(O)c1ccc(N2C(=O)CCCC2=O)cn1. The standard InChI is InChI=1S/C11H10N2O4/c14-9-2-1-3-10(15)13(9)7-4-5-8(11(16)17)12-6-7/h4-6H,1-3H2,(H,16,17). The Morgan fingerprint density at radius 1 is 1.24 bits per heavy atom. The number of carboxylic acid groups (broad SMARTS) is 1. The Bertz CT molecular complexity index is 465. The number of carbonyl (C=O) groups is 3. The number of carbonyl (C=O) groups excluding carboxylic acids is 2. The van der Waals surface area contributed by atoms with Crippen molar-refractivity contribution >= 4 is 23.5 Å². The molecule has 88 valence electrons. The van der Waals surface area contributed by atoms with Crippen LogP contribution >= 0.6 is 0 Å². The van der Waals surface area contributed by atoms with Crippen molar-refractivity contribution in [2.75, 3.05) is 4.90 Å². The number of nitrogens with zero attached hydrogens (tertiary/aromatic N) is 2. The zero-order valence-corrected chi connectivity index (χ0v) is 8.92. The van der Waals surface area contributed by atoms with Crippen LogP contribution in [0.1, 0.15) is 29.8 Å². The average Bonchev–Trinajstić information content (AvgIpc) is 2.29. The van der Waals surface area contributed by atoms with Gasteiger partial charge in [0.2, 0.25) is 11.8 Å². The van der Waals surface area contributed by atoms with E-state index in [9.17, 15) is 14.4 Å². The van der Waals surface area contributed by atoms with Crippen LogP contribution in [-0.2, 0) is 9.59 Å². The molecule has 1 N–H and O–H groups in total. The van der Waals surface area contributed by atoms with E-state index in [-0.39, 0.29) is 17.5 Å². The third kappa shape index (κ3) is 2.15. The van der Waals surface area contributed by atoms with Gasteiger partial charge in [0.05, 0.1) is 11.9 Å². The summed E-state index contributed by atoms with van der Waals surface area (Å²) in [4.78, 5) is 38.5. The van der Waals surface area contributed by atoms with Crippen LogP contribution in [0.3, 0.4) is 0 Å². The van der Waals surface area contributed by atoms with E-state index in [0.29, 0.717) is 24.9 Å². The summed E-state index contributed by atoms with van der Waals surface area (Å²) in [5.41, 5.74) is 0.204. The van der Waals surface area contributed by atoms with E-state index < -0.39 is 5.97 Å². The minimum absolute atomic E-state index is 0.120. The predicted octanol–water partition coefficient (Wildman–Crippen LogP) is 0.823. The van der Waals surface area contributed by atoms with Gasteiger partial charge in [0.25, 0.3) is 0 Å². The lowest BCUT2D eigenvalue weighted by Crippen LogP contribution is -2.40. The molecule has 1 aromatic heterocycles. The molecule has 1 aliphatic rings.